The maximum atomic E-state index is 13.7. The zero-order valence-corrected chi connectivity index (χ0v) is 9.79. The monoisotopic (exact) mass is 236 g/mol. The van der Waals surface area contributed by atoms with Gasteiger partial charge in [-0.1, -0.05) is 12.1 Å². The summed E-state index contributed by atoms with van der Waals surface area (Å²) in [7, 11) is 0. The van der Waals surface area contributed by atoms with E-state index in [1.165, 1.54) is 18.9 Å². The Balaban J connectivity index is 1.76. The molecule has 0 heterocycles. The molecule has 2 saturated carbocycles. The molecular formula is C14H17FO2. The van der Waals surface area contributed by atoms with Gasteiger partial charge in [0.25, 0.3) is 0 Å². The topological polar surface area (TPSA) is 29.5 Å². The summed E-state index contributed by atoms with van der Waals surface area (Å²) in [4.78, 5) is 0. The highest BCUT2D eigenvalue weighted by Gasteiger charge is 2.41. The number of para-hydroxylation sites is 1. The van der Waals surface area contributed by atoms with Gasteiger partial charge in [-0.3, -0.25) is 0 Å². The summed E-state index contributed by atoms with van der Waals surface area (Å²) in [5.74, 6) is 0.638. The number of hydrogen-bond donors (Lipinski definition) is 1. The molecule has 0 amide bonds. The lowest BCUT2D eigenvalue weighted by molar-refractivity contribution is 0.149. The van der Waals surface area contributed by atoms with Crippen LogP contribution in [0.15, 0.2) is 18.2 Å². The van der Waals surface area contributed by atoms with Crippen LogP contribution in [0.3, 0.4) is 0 Å². The summed E-state index contributed by atoms with van der Waals surface area (Å²) in [6.45, 7) is 0.604. The Kier molecular flexibility index (Phi) is 2.58. The average molecular weight is 236 g/mol. The molecule has 3 heteroatoms. The zero-order valence-electron chi connectivity index (χ0n) is 9.79. The first-order valence-electron chi connectivity index (χ1n) is 6.29. The number of rotatable bonds is 5. The number of benzene rings is 1. The fourth-order valence-corrected chi connectivity index (χ4v) is 2.02. The summed E-state index contributed by atoms with van der Waals surface area (Å²) < 4.78 is 19.3. The molecule has 17 heavy (non-hydrogen) atoms. The van der Waals surface area contributed by atoms with E-state index in [2.05, 4.69) is 0 Å². The van der Waals surface area contributed by atoms with Gasteiger partial charge in [0.15, 0.2) is 11.6 Å². The summed E-state index contributed by atoms with van der Waals surface area (Å²) >= 11 is 0. The van der Waals surface area contributed by atoms with Crippen molar-refractivity contribution in [3.63, 3.8) is 0 Å². The Morgan fingerprint density at radius 1 is 1.35 bits per heavy atom. The summed E-state index contributed by atoms with van der Waals surface area (Å²) in [6.07, 6.45) is 4.50. The van der Waals surface area contributed by atoms with Gasteiger partial charge in [0, 0.05) is 12.0 Å². The van der Waals surface area contributed by atoms with Crippen LogP contribution in [0.25, 0.3) is 0 Å². The summed E-state index contributed by atoms with van der Waals surface area (Å²) in [5, 5.41) is 9.91. The van der Waals surface area contributed by atoms with Crippen molar-refractivity contribution >= 4 is 0 Å². The van der Waals surface area contributed by atoms with Gasteiger partial charge in [-0.2, -0.15) is 0 Å². The quantitative estimate of drug-likeness (QED) is 0.851. The molecule has 0 spiro atoms. The molecule has 0 atom stereocenters. The van der Waals surface area contributed by atoms with Gasteiger partial charge in [-0.15, -0.1) is 0 Å². The number of ether oxygens (including phenoxy) is 1. The molecule has 2 aliphatic rings. The Morgan fingerprint density at radius 2 is 2.12 bits per heavy atom. The number of halogens is 1. The van der Waals surface area contributed by atoms with Gasteiger partial charge >= 0.3 is 0 Å². The molecule has 1 aromatic rings. The van der Waals surface area contributed by atoms with Crippen LogP contribution >= 0.6 is 0 Å². The van der Waals surface area contributed by atoms with E-state index in [1.807, 2.05) is 6.07 Å². The third-order valence-electron chi connectivity index (χ3n) is 3.56. The van der Waals surface area contributed by atoms with E-state index < -0.39 is 5.60 Å². The molecule has 0 aromatic heterocycles. The molecule has 0 saturated heterocycles. The molecule has 2 aliphatic carbocycles. The van der Waals surface area contributed by atoms with Crippen LogP contribution in [0.5, 0.6) is 5.75 Å². The zero-order chi connectivity index (χ0) is 11.9. The lowest BCUT2D eigenvalue weighted by Crippen LogP contribution is -2.13. The Morgan fingerprint density at radius 3 is 2.76 bits per heavy atom. The normalized spacial score (nSPS) is 21.3. The van der Waals surface area contributed by atoms with Gasteiger partial charge in [0.05, 0.1) is 12.2 Å². The van der Waals surface area contributed by atoms with Gasteiger partial charge in [0.2, 0.25) is 0 Å². The lowest BCUT2D eigenvalue weighted by Gasteiger charge is -2.14. The van der Waals surface area contributed by atoms with Gasteiger partial charge in [-0.05, 0) is 37.7 Å². The van der Waals surface area contributed by atoms with Crippen molar-refractivity contribution in [2.24, 2.45) is 5.92 Å². The first-order chi connectivity index (χ1) is 8.16. The van der Waals surface area contributed by atoms with E-state index in [9.17, 15) is 9.50 Å². The first kappa shape index (κ1) is 11.0. The number of hydrogen-bond acceptors (Lipinski definition) is 2. The Labute approximate surface area is 100 Å². The molecule has 0 bridgehead atoms. The average Bonchev–Trinajstić information content (AvgIpc) is 3.17. The minimum atomic E-state index is -0.606. The van der Waals surface area contributed by atoms with Crippen molar-refractivity contribution in [3.8, 4) is 5.75 Å². The van der Waals surface area contributed by atoms with Gasteiger partial charge < -0.3 is 9.84 Å². The summed E-state index contributed by atoms with van der Waals surface area (Å²) in [6, 6.07) is 4.95. The van der Waals surface area contributed by atoms with Crippen molar-refractivity contribution < 1.29 is 14.2 Å². The van der Waals surface area contributed by atoms with Crippen LogP contribution in [0.4, 0.5) is 4.39 Å². The van der Waals surface area contributed by atoms with E-state index in [4.69, 9.17) is 4.74 Å². The molecule has 0 unspecified atom stereocenters. The standard InChI is InChI=1S/C14H17FO2/c15-12-3-1-2-11(8-14(16)6-7-14)13(12)17-9-10-4-5-10/h1-3,10,16H,4-9H2. The van der Waals surface area contributed by atoms with Gasteiger partial charge in [-0.25, -0.2) is 4.39 Å². The van der Waals surface area contributed by atoms with Crippen LogP contribution in [-0.4, -0.2) is 17.3 Å². The minimum absolute atomic E-state index is 0.313. The van der Waals surface area contributed by atoms with Gasteiger partial charge in [0.1, 0.15) is 0 Å². The van der Waals surface area contributed by atoms with Crippen LogP contribution < -0.4 is 4.74 Å². The molecule has 1 aromatic carbocycles. The van der Waals surface area contributed by atoms with Crippen molar-refractivity contribution in [2.75, 3.05) is 6.61 Å². The van der Waals surface area contributed by atoms with Crippen molar-refractivity contribution in [2.45, 2.75) is 37.7 Å². The summed E-state index contributed by atoms with van der Waals surface area (Å²) in [5.41, 5.74) is 0.191. The molecule has 2 nitrogen and oxygen atoms in total. The third kappa shape index (κ3) is 2.60. The fraction of sp³-hybridized carbons (Fsp3) is 0.571. The smallest absolute Gasteiger partial charge is 0.165 e. The highest BCUT2D eigenvalue weighted by atomic mass is 19.1. The predicted octanol–water partition coefficient (Wildman–Crippen LogP) is 2.68. The maximum Gasteiger partial charge on any atom is 0.165 e. The maximum absolute atomic E-state index is 13.7. The second kappa shape index (κ2) is 3.98. The molecule has 0 aliphatic heterocycles. The van der Waals surface area contributed by atoms with E-state index in [-0.39, 0.29) is 5.82 Å². The van der Waals surface area contributed by atoms with E-state index >= 15 is 0 Å². The molecule has 2 fully saturated rings. The minimum Gasteiger partial charge on any atom is -0.490 e. The van der Waals surface area contributed by atoms with Crippen molar-refractivity contribution in [1.29, 1.82) is 0 Å². The largest absolute Gasteiger partial charge is 0.490 e. The third-order valence-corrected chi connectivity index (χ3v) is 3.56. The van der Waals surface area contributed by atoms with Crippen molar-refractivity contribution in [1.82, 2.24) is 0 Å². The second-order valence-electron chi connectivity index (χ2n) is 5.38. The Bertz CT molecular complexity index is 422. The molecule has 0 radical (unpaired) electrons. The second-order valence-corrected chi connectivity index (χ2v) is 5.38. The number of aliphatic hydroxyl groups is 1. The molecule has 1 N–H and O–H groups in total. The fourth-order valence-electron chi connectivity index (χ4n) is 2.02. The molecule has 3 rings (SSSR count). The van der Waals surface area contributed by atoms with Crippen LogP contribution in [0, 0.1) is 11.7 Å². The SMILES string of the molecule is OC1(Cc2cccc(F)c2OCC2CC2)CC1. The van der Waals surface area contributed by atoms with Crippen LogP contribution in [0.1, 0.15) is 31.2 Å². The molecular weight excluding hydrogens is 219 g/mol. The van der Waals surface area contributed by atoms with E-state index in [0.717, 1.165) is 18.4 Å². The lowest BCUT2D eigenvalue weighted by atomic mass is 10.1. The first-order valence-corrected chi connectivity index (χ1v) is 6.29. The highest BCUT2D eigenvalue weighted by Crippen LogP contribution is 2.41. The van der Waals surface area contributed by atoms with E-state index in [0.29, 0.717) is 24.7 Å². The Hall–Kier alpha value is -1.09. The van der Waals surface area contributed by atoms with Crippen molar-refractivity contribution in [3.05, 3.63) is 29.6 Å². The van der Waals surface area contributed by atoms with E-state index in [1.54, 1.807) is 6.07 Å². The molecule has 92 valence electrons. The van der Waals surface area contributed by atoms with Crippen LogP contribution in [0.2, 0.25) is 0 Å². The highest BCUT2D eigenvalue weighted by molar-refractivity contribution is 5.37. The van der Waals surface area contributed by atoms with Crippen LogP contribution in [-0.2, 0) is 6.42 Å². The predicted molar refractivity (Wildman–Crippen MR) is 62.5 cm³/mol.